The summed E-state index contributed by atoms with van der Waals surface area (Å²) in [5, 5.41) is 4.98. The molecule has 4 aliphatic rings. The van der Waals surface area contributed by atoms with Crippen molar-refractivity contribution in [1.82, 2.24) is 10.2 Å². The van der Waals surface area contributed by atoms with Crippen LogP contribution in [0.1, 0.15) is 24.4 Å². The maximum Gasteiger partial charge on any atom is 0.407 e. The standard InChI is InChI=1S/C21H19ClFN3O4S/c1-29-19(27)16-14-8-21(10-30-20(28)25-21)9-26(14)18(15-3-2-6-31-15)24-17(16)11-4-5-12(22)13(23)7-11/h2,4-7,15,17H,3,8-10H2,1H3,(H,25,28)/t15?,17-,21-/m0/s1. The first-order valence-electron chi connectivity index (χ1n) is 9.78. The van der Waals surface area contributed by atoms with E-state index in [0.29, 0.717) is 24.1 Å². The highest BCUT2D eigenvalue weighted by molar-refractivity contribution is 8.03. The molecule has 0 aromatic heterocycles. The van der Waals surface area contributed by atoms with Crippen LogP contribution in [0.25, 0.3) is 0 Å². The Labute approximate surface area is 187 Å². The van der Waals surface area contributed by atoms with Crippen molar-refractivity contribution < 1.29 is 23.5 Å². The third-order valence-electron chi connectivity index (χ3n) is 5.90. The van der Waals surface area contributed by atoms with E-state index >= 15 is 0 Å². The number of benzene rings is 1. The smallest absolute Gasteiger partial charge is 0.407 e. The van der Waals surface area contributed by atoms with Crippen molar-refractivity contribution in [2.45, 2.75) is 29.7 Å². The van der Waals surface area contributed by atoms with E-state index in [4.69, 9.17) is 26.1 Å². The summed E-state index contributed by atoms with van der Waals surface area (Å²) < 4.78 is 24.6. The van der Waals surface area contributed by atoms with Crippen molar-refractivity contribution >= 4 is 41.3 Å². The molecule has 2 saturated heterocycles. The fourth-order valence-electron chi connectivity index (χ4n) is 4.50. The van der Waals surface area contributed by atoms with E-state index in [-0.39, 0.29) is 16.9 Å². The summed E-state index contributed by atoms with van der Waals surface area (Å²) in [5.41, 5.74) is 0.913. The van der Waals surface area contributed by atoms with Gasteiger partial charge in [-0.25, -0.2) is 14.0 Å². The van der Waals surface area contributed by atoms with E-state index in [0.717, 1.165) is 18.0 Å². The SMILES string of the molecule is COC(=O)C1=C2C[C@@]3(COC(=O)N3)CN2C(C2CC=CS2)=N[C@H]1c1ccc(Cl)c(F)c1. The fourth-order valence-corrected chi connectivity index (χ4v) is 5.56. The van der Waals surface area contributed by atoms with Crippen molar-refractivity contribution in [3.05, 3.63) is 57.4 Å². The number of halogens is 2. The predicted octanol–water partition coefficient (Wildman–Crippen LogP) is 3.56. The van der Waals surface area contributed by atoms with Gasteiger partial charge in [-0.05, 0) is 29.5 Å². The molecule has 3 atom stereocenters. The number of thioether (sulfide) groups is 1. The summed E-state index contributed by atoms with van der Waals surface area (Å²) in [6.45, 7) is 0.635. The Bertz CT molecular complexity index is 1070. The Morgan fingerprint density at radius 1 is 1.48 bits per heavy atom. The predicted molar refractivity (Wildman–Crippen MR) is 114 cm³/mol. The van der Waals surface area contributed by atoms with Gasteiger partial charge in [-0.15, -0.1) is 11.8 Å². The maximum absolute atomic E-state index is 14.3. The average molecular weight is 464 g/mol. The van der Waals surface area contributed by atoms with Crippen LogP contribution in [0, 0.1) is 5.82 Å². The van der Waals surface area contributed by atoms with Gasteiger partial charge in [-0.2, -0.15) is 0 Å². The molecule has 1 aromatic carbocycles. The molecule has 7 nitrogen and oxygen atoms in total. The summed E-state index contributed by atoms with van der Waals surface area (Å²) in [6, 6.07) is 3.69. The molecule has 1 amide bonds. The molecule has 0 saturated carbocycles. The minimum absolute atomic E-state index is 0.00107. The molecule has 0 aliphatic carbocycles. The summed E-state index contributed by atoms with van der Waals surface area (Å²) in [5.74, 6) is -0.331. The molecular weight excluding hydrogens is 445 g/mol. The van der Waals surface area contributed by atoms with Crippen LogP contribution in [-0.4, -0.2) is 53.8 Å². The molecule has 1 aromatic rings. The number of carbonyl (C=O) groups excluding carboxylic acids is 2. The zero-order chi connectivity index (χ0) is 21.8. The van der Waals surface area contributed by atoms with Gasteiger partial charge in [0, 0.05) is 12.1 Å². The molecule has 10 heteroatoms. The van der Waals surface area contributed by atoms with Crippen molar-refractivity contribution in [2.24, 2.45) is 4.99 Å². The van der Waals surface area contributed by atoms with Gasteiger partial charge in [-0.1, -0.05) is 23.7 Å². The number of rotatable bonds is 3. The lowest BCUT2D eigenvalue weighted by atomic mass is 9.92. The van der Waals surface area contributed by atoms with Crippen LogP contribution in [0.4, 0.5) is 9.18 Å². The zero-order valence-electron chi connectivity index (χ0n) is 16.6. The maximum atomic E-state index is 14.3. The number of nitrogens with zero attached hydrogens (tertiary/aromatic N) is 2. The first-order valence-corrected chi connectivity index (χ1v) is 11.1. The molecule has 1 unspecified atom stereocenters. The quantitative estimate of drug-likeness (QED) is 0.690. The van der Waals surface area contributed by atoms with Gasteiger partial charge in [0.1, 0.15) is 29.8 Å². The Morgan fingerprint density at radius 2 is 2.32 bits per heavy atom. The second kappa shape index (κ2) is 7.56. The topological polar surface area (TPSA) is 80.2 Å². The molecule has 1 spiro atoms. The van der Waals surface area contributed by atoms with Crippen LogP contribution < -0.4 is 5.32 Å². The van der Waals surface area contributed by atoms with Gasteiger partial charge < -0.3 is 19.7 Å². The lowest BCUT2D eigenvalue weighted by Crippen LogP contribution is -2.48. The monoisotopic (exact) mass is 463 g/mol. The number of hydrogen-bond donors (Lipinski definition) is 1. The fraction of sp³-hybridized carbons (Fsp3) is 0.381. The van der Waals surface area contributed by atoms with Crippen LogP contribution in [0.15, 0.2) is 45.9 Å². The number of allylic oxidation sites excluding steroid dienone is 1. The largest absolute Gasteiger partial charge is 0.466 e. The highest BCUT2D eigenvalue weighted by Gasteiger charge is 2.53. The molecule has 31 heavy (non-hydrogen) atoms. The third-order valence-corrected chi connectivity index (χ3v) is 7.29. The number of fused-ring (bicyclic) bond motifs is 1. The lowest BCUT2D eigenvalue weighted by Gasteiger charge is -2.34. The minimum atomic E-state index is -0.741. The number of hydrogen-bond acceptors (Lipinski definition) is 7. The summed E-state index contributed by atoms with van der Waals surface area (Å²) in [6.07, 6.45) is 2.77. The molecule has 0 radical (unpaired) electrons. The van der Waals surface area contributed by atoms with E-state index in [2.05, 4.69) is 11.4 Å². The van der Waals surface area contributed by atoms with Gasteiger partial charge in [-0.3, -0.25) is 4.99 Å². The number of cyclic esters (lactones) is 1. The number of amides is 1. The van der Waals surface area contributed by atoms with Crippen LogP contribution >= 0.6 is 23.4 Å². The van der Waals surface area contributed by atoms with E-state index in [1.54, 1.807) is 17.8 Å². The van der Waals surface area contributed by atoms with Gasteiger partial charge in [0.15, 0.2) is 0 Å². The van der Waals surface area contributed by atoms with E-state index in [9.17, 15) is 14.0 Å². The molecular formula is C21H19ClFN3O4S. The minimum Gasteiger partial charge on any atom is -0.466 e. The first kappa shape index (κ1) is 20.4. The first-order chi connectivity index (χ1) is 14.9. The van der Waals surface area contributed by atoms with Crippen LogP contribution in [0.3, 0.4) is 0 Å². The number of carbonyl (C=O) groups is 2. The van der Waals surface area contributed by atoms with Crippen LogP contribution in [0.5, 0.6) is 0 Å². The second-order valence-corrected chi connectivity index (χ2v) is 9.41. The normalized spacial score (nSPS) is 29.2. The molecule has 162 valence electrons. The second-order valence-electron chi connectivity index (χ2n) is 7.89. The van der Waals surface area contributed by atoms with Gasteiger partial charge in [0.2, 0.25) is 0 Å². The van der Waals surface area contributed by atoms with Gasteiger partial charge in [0.25, 0.3) is 0 Å². The zero-order valence-corrected chi connectivity index (χ0v) is 18.1. The van der Waals surface area contributed by atoms with E-state index in [1.165, 1.54) is 19.2 Å². The Hall–Kier alpha value is -2.52. The number of ether oxygens (including phenoxy) is 2. The van der Waals surface area contributed by atoms with Crippen molar-refractivity contribution in [3.8, 4) is 0 Å². The Morgan fingerprint density at radius 3 is 2.97 bits per heavy atom. The number of alkyl carbamates (subject to hydrolysis) is 1. The highest BCUT2D eigenvalue weighted by Crippen LogP contribution is 2.45. The van der Waals surface area contributed by atoms with E-state index in [1.807, 2.05) is 10.3 Å². The molecule has 1 N–H and O–H groups in total. The molecule has 5 rings (SSSR count). The Balaban J connectivity index is 1.66. The van der Waals surface area contributed by atoms with Gasteiger partial charge >= 0.3 is 12.1 Å². The third kappa shape index (κ3) is 3.40. The molecule has 4 aliphatic heterocycles. The Kier molecular flexibility index (Phi) is 4.97. The number of aliphatic imine (C=N–C) groups is 1. The number of esters is 1. The summed E-state index contributed by atoms with van der Waals surface area (Å²) >= 11 is 7.52. The average Bonchev–Trinajstić information content (AvgIpc) is 3.49. The van der Waals surface area contributed by atoms with Crippen molar-refractivity contribution in [3.63, 3.8) is 0 Å². The van der Waals surface area contributed by atoms with E-state index < -0.39 is 29.5 Å². The van der Waals surface area contributed by atoms with Crippen molar-refractivity contribution in [2.75, 3.05) is 20.3 Å². The lowest BCUT2D eigenvalue weighted by molar-refractivity contribution is -0.136. The number of nitrogens with one attached hydrogen (secondary N) is 1. The molecule has 0 bridgehead atoms. The number of methoxy groups -OCH3 is 1. The molecule has 4 heterocycles. The van der Waals surface area contributed by atoms with Crippen LogP contribution in [-0.2, 0) is 14.3 Å². The van der Waals surface area contributed by atoms with Crippen LogP contribution in [0.2, 0.25) is 5.02 Å². The summed E-state index contributed by atoms with van der Waals surface area (Å²) in [4.78, 5) is 31.7. The highest BCUT2D eigenvalue weighted by atomic mass is 35.5. The van der Waals surface area contributed by atoms with Gasteiger partial charge in [0.05, 0.1) is 29.5 Å². The number of amidine groups is 1. The van der Waals surface area contributed by atoms with Crippen molar-refractivity contribution in [1.29, 1.82) is 0 Å². The molecule has 2 fully saturated rings. The summed E-state index contributed by atoms with van der Waals surface area (Å²) in [7, 11) is 1.31.